The molecule has 2 aromatic rings. The molecule has 0 fully saturated rings. The molecule has 0 N–H and O–H groups in total. The monoisotopic (exact) mass is 381 g/mol. The van der Waals surface area contributed by atoms with Crippen LogP contribution in [0.5, 0.6) is 0 Å². The summed E-state index contributed by atoms with van der Waals surface area (Å²) in [6, 6.07) is 17.8. The number of nitrogens with zero attached hydrogens (tertiary/aromatic N) is 1. The number of rotatable bonds is 8. The second-order valence-electron chi connectivity index (χ2n) is 6.09. The van der Waals surface area contributed by atoms with Gasteiger partial charge in [0.25, 0.3) is 0 Å². The lowest BCUT2D eigenvalue weighted by Crippen LogP contribution is -2.42. The molecule has 0 aromatic heterocycles. The number of benzene rings is 2. The van der Waals surface area contributed by atoms with E-state index in [1.807, 2.05) is 60.7 Å². The third-order valence-electron chi connectivity index (χ3n) is 4.10. The van der Waals surface area contributed by atoms with E-state index < -0.39 is 23.9 Å². The maximum absolute atomic E-state index is 12.7. The number of hydrogen-bond acceptors (Lipinski definition) is 5. The molecule has 0 radical (unpaired) electrons. The largest absolute Gasteiger partial charge is 0.466 e. The van der Waals surface area contributed by atoms with Gasteiger partial charge in [0, 0.05) is 12.6 Å². The summed E-state index contributed by atoms with van der Waals surface area (Å²) in [4.78, 5) is 37.7. The molecule has 0 aliphatic heterocycles. The van der Waals surface area contributed by atoms with Crippen molar-refractivity contribution in [1.82, 2.24) is 4.90 Å². The van der Waals surface area contributed by atoms with Gasteiger partial charge in [-0.1, -0.05) is 60.7 Å². The fourth-order valence-electron chi connectivity index (χ4n) is 2.45. The molecular weight excluding hydrogens is 358 g/mol. The highest BCUT2D eigenvalue weighted by molar-refractivity contribution is 5.99. The number of amides is 1. The number of carbonyl (C=O) groups excluding carboxylic acids is 3. The first-order chi connectivity index (χ1) is 13.5. The molecule has 0 bridgehead atoms. The van der Waals surface area contributed by atoms with Crippen molar-refractivity contribution in [3.8, 4) is 0 Å². The summed E-state index contributed by atoms with van der Waals surface area (Å²) in [6.45, 7) is 1.90. The van der Waals surface area contributed by atoms with Gasteiger partial charge in [-0.05, 0) is 24.1 Å². The Balaban J connectivity index is 2.13. The maximum atomic E-state index is 12.7. The Hall–Kier alpha value is -3.41. The van der Waals surface area contributed by atoms with Gasteiger partial charge in [0.1, 0.15) is 6.61 Å². The van der Waals surface area contributed by atoms with Gasteiger partial charge < -0.3 is 9.47 Å². The lowest BCUT2D eigenvalue weighted by molar-refractivity contribution is -0.135. The van der Waals surface area contributed by atoms with Crippen LogP contribution in [0, 0.1) is 0 Å². The predicted molar refractivity (Wildman–Crippen MR) is 104 cm³/mol. The zero-order chi connectivity index (χ0) is 20.4. The minimum atomic E-state index is -0.815. The third-order valence-corrected chi connectivity index (χ3v) is 4.10. The summed E-state index contributed by atoms with van der Waals surface area (Å²) >= 11 is 0. The normalized spacial score (nSPS) is 11.6. The van der Waals surface area contributed by atoms with Crippen molar-refractivity contribution in [2.24, 2.45) is 0 Å². The summed E-state index contributed by atoms with van der Waals surface area (Å²) in [6.07, 6.45) is 1.54. The zero-order valence-electron chi connectivity index (χ0n) is 15.9. The van der Waals surface area contributed by atoms with E-state index in [4.69, 9.17) is 4.74 Å². The van der Waals surface area contributed by atoms with E-state index in [1.54, 1.807) is 6.92 Å². The molecule has 2 rings (SSSR count). The van der Waals surface area contributed by atoms with Crippen molar-refractivity contribution in [1.29, 1.82) is 0 Å². The first-order valence-electron chi connectivity index (χ1n) is 8.82. The van der Waals surface area contributed by atoms with E-state index in [-0.39, 0.29) is 13.2 Å². The average Bonchev–Trinajstić information content (AvgIpc) is 2.74. The Bertz CT molecular complexity index is 817. The molecule has 146 valence electrons. The molecule has 1 amide bonds. The van der Waals surface area contributed by atoms with Crippen LogP contribution in [0.2, 0.25) is 0 Å². The van der Waals surface area contributed by atoms with Gasteiger partial charge in [0.05, 0.1) is 13.2 Å². The molecule has 6 heteroatoms. The van der Waals surface area contributed by atoms with E-state index in [0.29, 0.717) is 0 Å². The van der Waals surface area contributed by atoms with Gasteiger partial charge in [-0.15, -0.1) is 0 Å². The lowest BCUT2D eigenvalue weighted by atomic mass is 10.1. The minimum Gasteiger partial charge on any atom is -0.466 e. The van der Waals surface area contributed by atoms with Crippen molar-refractivity contribution in [3.63, 3.8) is 0 Å². The standard InChI is InChI=1S/C22H23NO5/c1-17(20(24)13-14-21(25)27-2)23(15-18-9-5-3-6-10-18)22(26)28-16-19-11-7-4-8-12-19/h3-14,17H,15-16H2,1-2H3/b14-13+. The second-order valence-corrected chi connectivity index (χ2v) is 6.09. The minimum absolute atomic E-state index is 0.101. The summed E-state index contributed by atoms with van der Waals surface area (Å²) in [5.41, 5.74) is 1.70. The summed E-state index contributed by atoms with van der Waals surface area (Å²) < 4.78 is 9.89. The van der Waals surface area contributed by atoms with Crippen LogP contribution in [0.3, 0.4) is 0 Å². The van der Waals surface area contributed by atoms with Crippen LogP contribution in [-0.4, -0.2) is 35.9 Å². The van der Waals surface area contributed by atoms with Crippen LogP contribution in [0.25, 0.3) is 0 Å². The van der Waals surface area contributed by atoms with E-state index in [9.17, 15) is 14.4 Å². The van der Waals surface area contributed by atoms with Crippen LogP contribution in [-0.2, 0) is 32.2 Å². The Morgan fingerprint density at radius 2 is 1.50 bits per heavy atom. The molecular formula is C22H23NO5. The third kappa shape index (κ3) is 6.39. The molecule has 0 spiro atoms. The Morgan fingerprint density at radius 1 is 0.929 bits per heavy atom. The van der Waals surface area contributed by atoms with Gasteiger partial charge in [-0.2, -0.15) is 0 Å². The molecule has 1 unspecified atom stereocenters. The fourth-order valence-corrected chi connectivity index (χ4v) is 2.45. The van der Waals surface area contributed by atoms with Gasteiger partial charge in [-0.25, -0.2) is 9.59 Å². The number of methoxy groups -OCH3 is 1. The van der Waals surface area contributed by atoms with Crippen molar-refractivity contribution < 1.29 is 23.9 Å². The molecule has 0 aliphatic rings. The Kier molecular flexibility index (Phi) is 7.96. The van der Waals surface area contributed by atoms with Crippen LogP contribution < -0.4 is 0 Å². The van der Waals surface area contributed by atoms with Gasteiger partial charge >= 0.3 is 12.1 Å². The van der Waals surface area contributed by atoms with Crippen molar-refractivity contribution in [2.75, 3.05) is 7.11 Å². The smallest absolute Gasteiger partial charge is 0.411 e. The van der Waals surface area contributed by atoms with Crippen molar-refractivity contribution >= 4 is 17.8 Å². The number of ketones is 1. The molecule has 1 atom stereocenters. The lowest BCUT2D eigenvalue weighted by Gasteiger charge is -2.27. The predicted octanol–water partition coefficient (Wildman–Crippen LogP) is 3.51. The number of esters is 1. The van der Waals surface area contributed by atoms with Gasteiger partial charge in [0.15, 0.2) is 5.78 Å². The van der Waals surface area contributed by atoms with Crippen LogP contribution in [0.15, 0.2) is 72.8 Å². The quantitative estimate of drug-likeness (QED) is 0.517. The van der Waals surface area contributed by atoms with E-state index in [2.05, 4.69) is 4.74 Å². The Labute approximate surface area is 164 Å². The van der Waals surface area contributed by atoms with Gasteiger partial charge in [0.2, 0.25) is 0 Å². The number of hydrogen-bond donors (Lipinski definition) is 0. The Morgan fingerprint density at radius 3 is 2.07 bits per heavy atom. The van der Waals surface area contributed by atoms with Crippen LogP contribution >= 0.6 is 0 Å². The molecule has 0 saturated heterocycles. The highest BCUT2D eigenvalue weighted by atomic mass is 16.6. The summed E-state index contributed by atoms with van der Waals surface area (Å²) in [5.74, 6) is -1.04. The maximum Gasteiger partial charge on any atom is 0.411 e. The van der Waals surface area contributed by atoms with Crippen molar-refractivity contribution in [2.45, 2.75) is 26.1 Å². The van der Waals surface area contributed by atoms with Crippen LogP contribution in [0.4, 0.5) is 4.79 Å². The molecule has 0 heterocycles. The topological polar surface area (TPSA) is 72.9 Å². The number of carbonyl (C=O) groups is 3. The van der Waals surface area contributed by atoms with Gasteiger partial charge in [-0.3, -0.25) is 9.69 Å². The van der Waals surface area contributed by atoms with Crippen molar-refractivity contribution in [3.05, 3.63) is 83.9 Å². The SMILES string of the molecule is COC(=O)/C=C/C(=O)C(C)N(Cc1ccccc1)C(=O)OCc1ccccc1. The molecule has 28 heavy (non-hydrogen) atoms. The first kappa shape index (κ1) is 20.9. The molecule has 6 nitrogen and oxygen atoms in total. The van der Waals surface area contributed by atoms with E-state index in [1.165, 1.54) is 12.0 Å². The number of ether oxygens (including phenoxy) is 2. The summed E-state index contributed by atoms with van der Waals surface area (Å²) in [7, 11) is 1.23. The fraction of sp³-hybridized carbons (Fsp3) is 0.227. The highest BCUT2D eigenvalue weighted by Crippen LogP contribution is 2.13. The summed E-state index contributed by atoms with van der Waals surface area (Å²) in [5, 5.41) is 0. The van der Waals surface area contributed by atoms with E-state index >= 15 is 0 Å². The zero-order valence-corrected chi connectivity index (χ0v) is 15.9. The second kappa shape index (κ2) is 10.7. The molecule has 0 aliphatic carbocycles. The highest BCUT2D eigenvalue weighted by Gasteiger charge is 2.26. The average molecular weight is 381 g/mol. The van der Waals surface area contributed by atoms with Crippen LogP contribution in [0.1, 0.15) is 18.1 Å². The molecule has 2 aromatic carbocycles. The first-order valence-corrected chi connectivity index (χ1v) is 8.82. The molecule has 0 saturated carbocycles. The van der Waals surface area contributed by atoms with E-state index in [0.717, 1.165) is 23.3 Å².